The molecule has 1 amide bonds. The zero-order valence-corrected chi connectivity index (χ0v) is 18.3. The van der Waals surface area contributed by atoms with Gasteiger partial charge in [-0.15, -0.1) is 0 Å². The zero-order chi connectivity index (χ0) is 20.1. The summed E-state index contributed by atoms with van der Waals surface area (Å²) in [6, 6.07) is 0.381. The summed E-state index contributed by atoms with van der Waals surface area (Å²) >= 11 is 0. The minimum absolute atomic E-state index is 0.0670. The zero-order valence-electron chi connectivity index (χ0n) is 18.3. The van der Waals surface area contributed by atoms with E-state index in [9.17, 15) is 9.59 Å². The van der Waals surface area contributed by atoms with Gasteiger partial charge in [0.15, 0.2) is 0 Å². The van der Waals surface area contributed by atoms with Crippen molar-refractivity contribution < 1.29 is 14.3 Å². The Balaban J connectivity index is 1.50. The maximum atomic E-state index is 12.0. The van der Waals surface area contributed by atoms with Gasteiger partial charge in [0.2, 0.25) is 5.91 Å². The fourth-order valence-corrected chi connectivity index (χ4v) is 8.22. The van der Waals surface area contributed by atoms with Crippen LogP contribution in [0.15, 0.2) is 0 Å². The number of piperidine rings is 1. The highest BCUT2D eigenvalue weighted by Crippen LogP contribution is 2.67. The molecule has 0 aromatic heterocycles. The molecule has 1 aliphatic heterocycles. The first kappa shape index (κ1) is 20.2. The van der Waals surface area contributed by atoms with E-state index in [1.165, 1.54) is 39.2 Å². The highest BCUT2D eigenvalue weighted by Gasteiger charge is 2.61. The molecule has 28 heavy (non-hydrogen) atoms. The van der Waals surface area contributed by atoms with Crippen LogP contribution in [0.5, 0.6) is 0 Å². The van der Waals surface area contributed by atoms with Gasteiger partial charge in [0, 0.05) is 18.9 Å². The lowest BCUT2D eigenvalue weighted by atomic mass is 9.45. The Labute approximate surface area is 170 Å². The van der Waals surface area contributed by atoms with Crippen LogP contribution in [0.25, 0.3) is 0 Å². The number of rotatable bonds is 4. The van der Waals surface area contributed by atoms with Crippen molar-refractivity contribution in [3.8, 4) is 0 Å². The third kappa shape index (κ3) is 3.10. The van der Waals surface area contributed by atoms with Crippen LogP contribution >= 0.6 is 0 Å². The monoisotopic (exact) mass is 389 g/mol. The number of hydrogen-bond donors (Lipinski definition) is 1. The second-order valence-corrected chi connectivity index (χ2v) is 10.9. The van der Waals surface area contributed by atoms with Crippen LogP contribution in [0.1, 0.15) is 85.0 Å². The first-order chi connectivity index (χ1) is 13.3. The number of fused-ring (bicyclic) bond motifs is 5. The van der Waals surface area contributed by atoms with Gasteiger partial charge in [-0.2, -0.15) is 0 Å². The minimum Gasteiger partial charge on any atom is -0.469 e. The lowest BCUT2D eigenvalue weighted by Gasteiger charge is -2.62. The predicted octanol–water partition coefficient (Wildman–Crippen LogP) is 4.71. The molecule has 1 N–H and O–H groups in total. The summed E-state index contributed by atoms with van der Waals surface area (Å²) in [5, 5.41) is 3.36. The number of ether oxygens (including phenoxy) is 1. The molecule has 4 aliphatic rings. The van der Waals surface area contributed by atoms with Crippen molar-refractivity contribution in [2.24, 2.45) is 40.4 Å². The summed E-state index contributed by atoms with van der Waals surface area (Å²) in [4.78, 5) is 23.5. The van der Waals surface area contributed by atoms with Crippen molar-refractivity contribution in [3.05, 3.63) is 0 Å². The number of hydrogen-bond acceptors (Lipinski definition) is 3. The van der Waals surface area contributed by atoms with Gasteiger partial charge >= 0.3 is 5.97 Å². The summed E-state index contributed by atoms with van der Waals surface area (Å²) in [6.45, 7) is 7.49. The fraction of sp³-hybridized carbons (Fsp3) is 0.917. The standard InChI is InChI=1S/C24H39NO3/c1-15-14-19-24(3,13-11-20(26)25-19)18-10-12-23(2)16(6-5-7-21(27)28-4)8-9-17(23)22(15)18/h15-19,22H,5-14H2,1-4H3,(H,25,26)/t15?,16-,17?,18?,19?,22?,23+,24+/m0/s1. The summed E-state index contributed by atoms with van der Waals surface area (Å²) in [6.07, 6.45) is 11.0. The van der Waals surface area contributed by atoms with Gasteiger partial charge in [-0.25, -0.2) is 0 Å². The third-order valence-corrected chi connectivity index (χ3v) is 9.82. The normalized spacial score (nSPS) is 47.5. The molecule has 0 bridgehead atoms. The van der Waals surface area contributed by atoms with Crippen molar-refractivity contribution in [2.75, 3.05) is 7.11 Å². The SMILES string of the molecule is COC(=O)CCC[C@H]1CCC2C3C(C)CC4NC(=O)CC[C@]4(C)C3CC[C@@]21C. The Kier molecular flexibility index (Phi) is 5.29. The second-order valence-electron chi connectivity index (χ2n) is 10.9. The van der Waals surface area contributed by atoms with E-state index < -0.39 is 0 Å². The number of amides is 1. The molecule has 1 saturated heterocycles. The molecule has 4 heteroatoms. The Morgan fingerprint density at radius 1 is 1.14 bits per heavy atom. The van der Waals surface area contributed by atoms with E-state index in [2.05, 4.69) is 26.1 Å². The fourth-order valence-electron chi connectivity index (χ4n) is 8.22. The lowest BCUT2D eigenvalue weighted by Crippen LogP contribution is -2.63. The largest absolute Gasteiger partial charge is 0.469 e. The first-order valence-electron chi connectivity index (χ1n) is 11.7. The first-order valence-corrected chi connectivity index (χ1v) is 11.7. The molecule has 0 spiro atoms. The van der Waals surface area contributed by atoms with Gasteiger partial charge in [-0.05, 0) is 91.8 Å². The van der Waals surface area contributed by atoms with Crippen molar-refractivity contribution in [3.63, 3.8) is 0 Å². The quantitative estimate of drug-likeness (QED) is 0.708. The van der Waals surface area contributed by atoms with E-state index in [4.69, 9.17) is 4.74 Å². The van der Waals surface area contributed by atoms with Gasteiger partial charge < -0.3 is 10.1 Å². The number of methoxy groups -OCH3 is 1. The van der Waals surface area contributed by atoms with Crippen molar-refractivity contribution in [1.29, 1.82) is 0 Å². The number of carbonyl (C=O) groups is 2. The van der Waals surface area contributed by atoms with Crippen LogP contribution in [0, 0.1) is 40.4 Å². The van der Waals surface area contributed by atoms with Crippen molar-refractivity contribution in [1.82, 2.24) is 5.32 Å². The number of carbonyl (C=O) groups excluding carboxylic acids is 2. The van der Waals surface area contributed by atoms with Crippen LogP contribution in [0.2, 0.25) is 0 Å². The summed E-state index contributed by atoms with van der Waals surface area (Å²) in [7, 11) is 1.49. The van der Waals surface area contributed by atoms with Gasteiger partial charge in [-0.1, -0.05) is 20.8 Å². The maximum absolute atomic E-state index is 12.0. The smallest absolute Gasteiger partial charge is 0.305 e. The van der Waals surface area contributed by atoms with E-state index in [1.807, 2.05) is 0 Å². The molecule has 1 heterocycles. The topological polar surface area (TPSA) is 55.4 Å². The summed E-state index contributed by atoms with van der Waals surface area (Å²) < 4.78 is 4.83. The van der Waals surface area contributed by atoms with E-state index in [0.717, 1.165) is 42.9 Å². The number of nitrogens with one attached hydrogen (secondary N) is 1. The molecule has 3 saturated carbocycles. The molecule has 8 atom stereocenters. The Morgan fingerprint density at radius 2 is 1.89 bits per heavy atom. The molecule has 0 aromatic carbocycles. The lowest BCUT2D eigenvalue weighted by molar-refractivity contribution is -0.143. The van der Waals surface area contributed by atoms with Crippen LogP contribution in [-0.4, -0.2) is 25.0 Å². The predicted molar refractivity (Wildman–Crippen MR) is 109 cm³/mol. The summed E-state index contributed by atoms with van der Waals surface area (Å²) in [5.41, 5.74) is 0.724. The van der Waals surface area contributed by atoms with Crippen molar-refractivity contribution >= 4 is 11.9 Å². The van der Waals surface area contributed by atoms with Crippen LogP contribution in [-0.2, 0) is 14.3 Å². The number of esters is 1. The van der Waals surface area contributed by atoms with Gasteiger partial charge in [0.1, 0.15) is 0 Å². The maximum Gasteiger partial charge on any atom is 0.305 e. The van der Waals surface area contributed by atoms with Crippen molar-refractivity contribution in [2.45, 2.75) is 91.0 Å². The molecular formula is C24H39NO3. The summed E-state index contributed by atoms with van der Waals surface area (Å²) in [5.74, 6) is 4.03. The van der Waals surface area contributed by atoms with E-state index in [1.54, 1.807) is 0 Å². The van der Waals surface area contributed by atoms with Gasteiger partial charge in [0.25, 0.3) is 0 Å². The third-order valence-electron chi connectivity index (χ3n) is 9.82. The Morgan fingerprint density at radius 3 is 2.64 bits per heavy atom. The molecule has 3 aliphatic carbocycles. The van der Waals surface area contributed by atoms with Gasteiger partial charge in [0.05, 0.1) is 7.11 Å². The molecule has 4 fully saturated rings. The molecule has 0 radical (unpaired) electrons. The average molecular weight is 390 g/mol. The molecule has 4 nitrogen and oxygen atoms in total. The molecule has 158 valence electrons. The van der Waals surface area contributed by atoms with Crippen LogP contribution < -0.4 is 5.32 Å². The minimum atomic E-state index is -0.0670. The average Bonchev–Trinajstić information content (AvgIpc) is 2.99. The Bertz CT molecular complexity index is 633. The highest BCUT2D eigenvalue weighted by atomic mass is 16.5. The van der Waals surface area contributed by atoms with Gasteiger partial charge in [-0.3, -0.25) is 9.59 Å². The Hall–Kier alpha value is -1.06. The van der Waals surface area contributed by atoms with Crippen LogP contribution in [0.4, 0.5) is 0 Å². The molecule has 4 rings (SSSR count). The van der Waals surface area contributed by atoms with E-state index in [-0.39, 0.29) is 17.3 Å². The van der Waals surface area contributed by atoms with Crippen LogP contribution in [0.3, 0.4) is 0 Å². The second kappa shape index (κ2) is 7.32. The molecular weight excluding hydrogens is 350 g/mol. The molecule has 5 unspecified atom stereocenters. The highest BCUT2D eigenvalue weighted by molar-refractivity contribution is 5.77. The molecule has 0 aromatic rings. The van der Waals surface area contributed by atoms with E-state index >= 15 is 0 Å². The van der Waals surface area contributed by atoms with E-state index in [0.29, 0.717) is 30.2 Å².